The lowest BCUT2D eigenvalue weighted by Crippen LogP contribution is -2.52. The number of benzene rings is 1. The summed E-state index contributed by atoms with van der Waals surface area (Å²) in [5.41, 5.74) is 0.985. The van der Waals surface area contributed by atoms with Gasteiger partial charge in [-0.2, -0.15) is 5.10 Å². The summed E-state index contributed by atoms with van der Waals surface area (Å²) in [5.74, 6) is 0.784. The lowest BCUT2D eigenvalue weighted by atomic mass is 9.87. The number of aromatic nitrogens is 3. The van der Waals surface area contributed by atoms with Gasteiger partial charge in [-0.05, 0) is 18.4 Å². The maximum absolute atomic E-state index is 11.7. The standard InChI is InChI=1S/C16H21N5O2/c1-21-11-18-15(20-21)9-17-13-7-14(8-13)19-16(22)23-10-12-5-3-2-4-6-12/h2-6,11,13-14,17H,7-10H2,1H3,(H,19,22). The highest BCUT2D eigenvalue weighted by atomic mass is 16.5. The Bertz CT molecular complexity index is 637. The summed E-state index contributed by atoms with van der Waals surface area (Å²) in [6, 6.07) is 10.2. The number of nitrogens with zero attached hydrogens (tertiary/aromatic N) is 3. The molecule has 1 aromatic heterocycles. The quantitative estimate of drug-likeness (QED) is 0.841. The number of aryl methyl sites for hydroxylation is 1. The fraction of sp³-hybridized carbons (Fsp3) is 0.438. The Hall–Kier alpha value is -2.41. The summed E-state index contributed by atoms with van der Waals surface area (Å²) >= 11 is 0. The van der Waals surface area contributed by atoms with Gasteiger partial charge >= 0.3 is 6.09 Å². The molecule has 0 radical (unpaired) electrons. The third-order valence-electron chi connectivity index (χ3n) is 3.87. The molecule has 0 unspecified atom stereocenters. The van der Waals surface area contributed by atoms with Crippen LogP contribution in [0.1, 0.15) is 24.2 Å². The molecule has 1 aromatic carbocycles. The van der Waals surface area contributed by atoms with Gasteiger partial charge in [0.15, 0.2) is 5.82 Å². The predicted molar refractivity (Wildman–Crippen MR) is 84.4 cm³/mol. The van der Waals surface area contributed by atoms with E-state index in [1.165, 1.54) is 0 Å². The minimum atomic E-state index is -0.358. The molecule has 2 N–H and O–H groups in total. The highest BCUT2D eigenvalue weighted by Gasteiger charge is 2.30. The number of nitrogens with one attached hydrogen (secondary N) is 2. The summed E-state index contributed by atoms with van der Waals surface area (Å²) in [5, 5.41) is 10.5. The van der Waals surface area contributed by atoms with Crippen LogP contribution in [0.25, 0.3) is 0 Å². The average molecular weight is 315 g/mol. The number of alkyl carbamates (subject to hydrolysis) is 1. The summed E-state index contributed by atoms with van der Waals surface area (Å²) < 4.78 is 6.89. The number of amides is 1. The molecule has 0 spiro atoms. The zero-order chi connectivity index (χ0) is 16.1. The van der Waals surface area contributed by atoms with Crippen LogP contribution in [0.3, 0.4) is 0 Å². The number of carbonyl (C=O) groups is 1. The summed E-state index contributed by atoms with van der Waals surface area (Å²) in [6.07, 6.45) is 3.12. The Morgan fingerprint density at radius 3 is 2.78 bits per heavy atom. The van der Waals surface area contributed by atoms with E-state index in [0.717, 1.165) is 24.2 Å². The molecule has 3 rings (SSSR count). The van der Waals surface area contributed by atoms with Crippen LogP contribution in [0.15, 0.2) is 36.7 Å². The Labute approximate surface area is 135 Å². The van der Waals surface area contributed by atoms with Gasteiger partial charge in [-0.1, -0.05) is 30.3 Å². The molecule has 1 aliphatic carbocycles. The summed E-state index contributed by atoms with van der Waals surface area (Å²) in [6.45, 7) is 0.948. The van der Waals surface area contributed by atoms with Crippen molar-refractivity contribution in [3.8, 4) is 0 Å². The molecule has 122 valence electrons. The molecule has 0 atom stereocenters. The largest absolute Gasteiger partial charge is 0.445 e. The molecule has 1 heterocycles. The predicted octanol–water partition coefficient (Wildman–Crippen LogP) is 1.36. The van der Waals surface area contributed by atoms with Crippen LogP contribution in [0.5, 0.6) is 0 Å². The van der Waals surface area contributed by atoms with E-state index >= 15 is 0 Å². The van der Waals surface area contributed by atoms with Crippen LogP contribution < -0.4 is 10.6 Å². The smallest absolute Gasteiger partial charge is 0.407 e. The summed E-state index contributed by atoms with van der Waals surface area (Å²) in [7, 11) is 1.85. The number of ether oxygens (including phenoxy) is 1. The third-order valence-corrected chi connectivity index (χ3v) is 3.87. The van der Waals surface area contributed by atoms with Gasteiger partial charge in [0.2, 0.25) is 0 Å². The normalized spacial score (nSPS) is 19.9. The highest BCUT2D eigenvalue weighted by Crippen LogP contribution is 2.20. The van der Waals surface area contributed by atoms with Crippen LogP contribution >= 0.6 is 0 Å². The molecule has 0 bridgehead atoms. The molecule has 7 nitrogen and oxygen atoms in total. The van der Waals surface area contributed by atoms with Gasteiger partial charge in [-0.15, -0.1) is 0 Å². The van der Waals surface area contributed by atoms with Gasteiger partial charge in [0, 0.05) is 19.1 Å². The van der Waals surface area contributed by atoms with Crippen LogP contribution in [0.4, 0.5) is 4.79 Å². The first-order chi connectivity index (χ1) is 11.2. The van der Waals surface area contributed by atoms with Gasteiger partial charge in [0.25, 0.3) is 0 Å². The van der Waals surface area contributed by atoms with E-state index in [0.29, 0.717) is 19.2 Å². The molecule has 7 heteroatoms. The first-order valence-electron chi connectivity index (χ1n) is 7.74. The SMILES string of the molecule is Cn1cnc(CNC2CC(NC(=O)OCc3ccccc3)C2)n1. The Balaban J connectivity index is 1.30. The molecular formula is C16H21N5O2. The zero-order valence-electron chi connectivity index (χ0n) is 13.1. The van der Waals surface area contributed by atoms with Crippen LogP contribution in [0, 0.1) is 0 Å². The van der Waals surface area contributed by atoms with Crippen molar-refractivity contribution >= 4 is 6.09 Å². The Kier molecular flexibility index (Phi) is 4.87. The van der Waals surface area contributed by atoms with Crippen molar-refractivity contribution in [3.05, 3.63) is 48.0 Å². The van der Waals surface area contributed by atoms with Gasteiger partial charge in [0.05, 0.1) is 6.54 Å². The fourth-order valence-corrected chi connectivity index (χ4v) is 2.53. The monoisotopic (exact) mass is 315 g/mol. The van der Waals surface area contributed by atoms with Crippen LogP contribution in [-0.2, 0) is 24.9 Å². The van der Waals surface area contributed by atoms with Gasteiger partial charge in [-0.25, -0.2) is 9.78 Å². The average Bonchev–Trinajstić information content (AvgIpc) is 2.94. The van der Waals surface area contributed by atoms with Crippen molar-refractivity contribution in [1.82, 2.24) is 25.4 Å². The highest BCUT2D eigenvalue weighted by molar-refractivity contribution is 5.67. The molecule has 23 heavy (non-hydrogen) atoms. The fourth-order valence-electron chi connectivity index (χ4n) is 2.53. The van der Waals surface area contributed by atoms with E-state index in [2.05, 4.69) is 20.7 Å². The van der Waals surface area contributed by atoms with Crippen LogP contribution in [0.2, 0.25) is 0 Å². The van der Waals surface area contributed by atoms with Crippen LogP contribution in [-0.4, -0.2) is 32.9 Å². The second-order valence-corrected chi connectivity index (χ2v) is 5.79. The van der Waals surface area contributed by atoms with E-state index in [9.17, 15) is 4.79 Å². The van der Waals surface area contributed by atoms with E-state index in [1.807, 2.05) is 37.4 Å². The maximum atomic E-state index is 11.7. The first-order valence-corrected chi connectivity index (χ1v) is 7.74. The Morgan fingerprint density at radius 2 is 2.09 bits per heavy atom. The third kappa shape index (κ3) is 4.53. The van der Waals surface area contributed by atoms with Crippen molar-refractivity contribution in [2.75, 3.05) is 0 Å². The lowest BCUT2D eigenvalue weighted by molar-refractivity contribution is 0.125. The number of carbonyl (C=O) groups excluding carboxylic acids is 1. The lowest BCUT2D eigenvalue weighted by Gasteiger charge is -2.35. The number of rotatable bonds is 6. The molecule has 1 fully saturated rings. The molecule has 1 aliphatic rings. The maximum Gasteiger partial charge on any atom is 0.407 e. The van der Waals surface area contributed by atoms with Gasteiger partial charge in [0.1, 0.15) is 12.9 Å². The Morgan fingerprint density at radius 1 is 1.30 bits per heavy atom. The molecule has 1 saturated carbocycles. The minimum Gasteiger partial charge on any atom is -0.445 e. The molecule has 0 aliphatic heterocycles. The van der Waals surface area contributed by atoms with E-state index in [4.69, 9.17) is 4.74 Å². The summed E-state index contributed by atoms with van der Waals surface area (Å²) in [4.78, 5) is 15.9. The molecule has 1 amide bonds. The second kappa shape index (κ2) is 7.23. The molecule has 2 aromatic rings. The van der Waals surface area contributed by atoms with E-state index in [-0.39, 0.29) is 12.1 Å². The van der Waals surface area contributed by atoms with Crippen molar-refractivity contribution < 1.29 is 9.53 Å². The van der Waals surface area contributed by atoms with E-state index < -0.39 is 0 Å². The first kappa shape index (κ1) is 15.5. The second-order valence-electron chi connectivity index (χ2n) is 5.79. The topological polar surface area (TPSA) is 81.1 Å². The van der Waals surface area contributed by atoms with Crippen molar-refractivity contribution in [2.24, 2.45) is 7.05 Å². The van der Waals surface area contributed by atoms with E-state index in [1.54, 1.807) is 11.0 Å². The van der Waals surface area contributed by atoms with Gasteiger partial charge in [-0.3, -0.25) is 4.68 Å². The van der Waals surface area contributed by atoms with Crippen molar-refractivity contribution in [1.29, 1.82) is 0 Å². The number of hydrogen-bond acceptors (Lipinski definition) is 5. The number of hydrogen-bond donors (Lipinski definition) is 2. The van der Waals surface area contributed by atoms with Crippen molar-refractivity contribution in [2.45, 2.75) is 38.1 Å². The zero-order valence-corrected chi connectivity index (χ0v) is 13.1. The van der Waals surface area contributed by atoms with Crippen molar-refractivity contribution in [3.63, 3.8) is 0 Å². The minimum absolute atomic E-state index is 0.174. The molecular weight excluding hydrogens is 294 g/mol. The molecule has 0 saturated heterocycles. The van der Waals surface area contributed by atoms with Gasteiger partial charge < -0.3 is 15.4 Å².